The van der Waals surface area contributed by atoms with Crippen molar-refractivity contribution >= 4 is 23.4 Å². The lowest BCUT2D eigenvalue weighted by atomic mass is 10.1. The van der Waals surface area contributed by atoms with Crippen molar-refractivity contribution in [2.75, 3.05) is 6.61 Å². The van der Waals surface area contributed by atoms with E-state index in [0.29, 0.717) is 0 Å². The summed E-state index contributed by atoms with van der Waals surface area (Å²) in [6.45, 7) is 1.60. The maximum atomic E-state index is 14.0. The smallest absolute Gasteiger partial charge is 0.417 e. The molecular weight excluding hydrogens is 362 g/mol. The van der Waals surface area contributed by atoms with Crippen LogP contribution in [0.2, 0.25) is 5.02 Å². The zero-order valence-electron chi connectivity index (χ0n) is 12.9. The van der Waals surface area contributed by atoms with Gasteiger partial charge >= 0.3 is 6.18 Å². The summed E-state index contributed by atoms with van der Waals surface area (Å²) in [5.41, 5.74) is -1.96. The minimum absolute atomic E-state index is 0.0368. The zero-order valence-corrected chi connectivity index (χ0v) is 13.7. The van der Waals surface area contributed by atoms with Gasteiger partial charge in [0.2, 0.25) is 5.90 Å². The molecule has 2 aromatic rings. The van der Waals surface area contributed by atoms with E-state index < -0.39 is 34.9 Å². The molecule has 2 aromatic carbocycles. The minimum atomic E-state index is -4.72. The van der Waals surface area contributed by atoms with Gasteiger partial charge in [-0.05, 0) is 37.3 Å². The molecule has 0 unspecified atom stereocenters. The maximum absolute atomic E-state index is 14.0. The molecule has 0 aliphatic rings. The normalized spacial score (nSPS) is 12.2. The van der Waals surface area contributed by atoms with E-state index in [-0.39, 0.29) is 17.2 Å². The molecule has 2 rings (SSSR count). The number of nitrogens with zero attached hydrogens (tertiary/aromatic N) is 1. The van der Waals surface area contributed by atoms with Crippen molar-refractivity contribution in [3.05, 3.63) is 70.0 Å². The zero-order chi connectivity index (χ0) is 18.6. The Bertz CT molecular complexity index is 819. The molecule has 8 heteroatoms. The molecule has 0 N–H and O–H groups in total. The van der Waals surface area contributed by atoms with E-state index in [4.69, 9.17) is 16.3 Å². The highest BCUT2D eigenvalue weighted by molar-refractivity contribution is 6.30. The molecule has 0 fully saturated rings. The molecule has 3 nitrogen and oxygen atoms in total. The highest BCUT2D eigenvalue weighted by Gasteiger charge is 2.35. The fraction of sp³-hybridized carbons (Fsp3) is 0.176. The van der Waals surface area contributed by atoms with Crippen molar-refractivity contribution in [1.29, 1.82) is 0 Å². The van der Waals surface area contributed by atoms with Gasteiger partial charge < -0.3 is 4.74 Å². The predicted molar refractivity (Wildman–Crippen MR) is 85.3 cm³/mol. The lowest BCUT2D eigenvalue weighted by Gasteiger charge is -2.11. The molecule has 0 aromatic heterocycles. The Morgan fingerprint density at radius 1 is 1.16 bits per heavy atom. The Hall–Kier alpha value is -2.41. The fourth-order valence-corrected chi connectivity index (χ4v) is 2.20. The number of carbonyl (C=O) groups excluding carboxylic acids is 1. The van der Waals surface area contributed by atoms with Crippen LogP contribution in [0, 0.1) is 5.82 Å². The monoisotopic (exact) mass is 373 g/mol. The van der Waals surface area contributed by atoms with Crippen LogP contribution >= 0.6 is 11.6 Å². The summed E-state index contributed by atoms with van der Waals surface area (Å²) in [7, 11) is 0. The lowest BCUT2D eigenvalue weighted by Crippen LogP contribution is -2.15. The van der Waals surface area contributed by atoms with Gasteiger partial charge in [0, 0.05) is 5.02 Å². The van der Waals surface area contributed by atoms with Crippen molar-refractivity contribution in [2.24, 2.45) is 4.99 Å². The predicted octanol–water partition coefficient (Wildman–Crippen LogP) is 5.12. The van der Waals surface area contributed by atoms with E-state index in [0.717, 1.165) is 24.3 Å². The van der Waals surface area contributed by atoms with Crippen molar-refractivity contribution in [1.82, 2.24) is 0 Å². The Labute approximate surface area is 145 Å². The third kappa shape index (κ3) is 4.57. The van der Waals surface area contributed by atoms with Crippen molar-refractivity contribution in [3.8, 4) is 0 Å². The number of benzene rings is 2. The lowest BCUT2D eigenvalue weighted by molar-refractivity contribution is -0.137. The Morgan fingerprint density at radius 3 is 2.44 bits per heavy atom. The average molecular weight is 374 g/mol. The number of rotatable bonds is 3. The first-order valence-corrected chi connectivity index (χ1v) is 7.49. The molecule has 132 valence electrons. The van der Waals surface area contributed by atoms with E-state index in [2.05, 4.69) is 4.99 Å². The Morgan fingerprint density at radius 2 is 1.84 bits per heavy atom. The summed E-state index contributed by atoms with van der Waals surface area (Å²) in [5, 5.41) is 0.117. The van der Waals surface area contributed by atoms with Crippen LogP contribution in [-0.4, -0.2) is 18.4 Å². The van der Waals surface area contributed by atoms with E-state index in [9.17, 15) is 22.4 Å². The molecule has 0 bridgehead atoms. The van der Waals surface area contributed by atoms with Gasteiger partial charge in [-0.15, -0.1) is 0 Å². The molecule has 0 spiro atoms. The second-order valence-corrected chi connectivity index (χ2v) is 5.26. The highest BCUT2D eigenvalue weighted by Crippen LogP contribution is 2.32. The number of halogens is 5. The van der Waals surface area contributed by atoms with Crippen LogP contribution < -0.4 is 0 Å². The second-order valence-electron chi connectivity index (χ2n) is 4.82. The fourth-order valence-electron chi connectivity index (χ4n) is 2.04. The summed E-state index contributed by atoms with van der Waals surface area (Å²) >= 11 is 5.66. The van der Waals surface area contributed by atoms with Crippen molar-refractivity contribution < 1.29 is 27.1 Å². The third-order valence-electron chi connectivity index (χ3n) is 3.11. The summed E-state index contributed by atoms with van der Waals surface area (Å²) < 4.78 is 58.2. The number of hydrogen-bond donors (Lipinski definition) is 0. The van der Waals surface area contributed by atoms with Gasteiger partial charge in [-0.3, -0.25) is 4.79 Å². The summed E-state index contributed by atoms with van der Waals surface area (Å²) in [4.78, 5) is 15.8. The topological polar surface area (TPSA) is 38.7 Å². The highest BCUT2D eigenvalue weighted by atomic mass is 35.5. The Balaban J connectivity index is 2.50. The maximum Gasteiger partial charge on any atom is 0.417 e. The van der Waals surface area contributed by atoms with E-state index in [1.54, 1.807) is 6.92 Å². The number of carbonyl (C=O) groups is 1. The van der Waals surface area contributed by atoms with E-state index in [1.165, 1.54) is 18.2 Å². The van der Waals surface area contributed by atoms with Gasteiger partial charge in [-0.2, -0.15) is 18.2 Å². The molecule has 25 heavy (non-hydrogen) atoms. The molecule has 1 amide bonds. The van der Waals surface area contributed by atoms with E-state index in [1.807, 2.05) is 0 Å². The molecule has 0 heterocycles. The van der Waals surface area contributed by atoms with Crippen LogP contribution in [0.25, 0.3) is 0 Å². The van der Waals surface area contributed by atoms with Crippen molar-refractivity contribution in [2.45, 2.75) is 13.1 Å². The summed E-state index contributed by atoms with van der Waals surface area (Å²) in [6, 6.07) is 7.77. The van der Waals surface area contributed by atoms with Gasteiger partial charge in [0.25, 0.3) is 5.91 Å². The first-order chi connectivity index (χ1) is 11.7. The molecule has 0 radical (unpaired) electrons. The second kappa shape index (κ2) is 7.65. The Kier molecular flexibility index (Phi) is 5.79. The third-order valence-corrected chi connectivity index (χ3v) is 3.34. The number of alkyl halides is 3. The molecular formula is C17H12ClF4NO2. The molecule has 0 saturated carbocycles. The van der Waals surface area contributed by atoms with Gasteiger partial charge in [-0.1, -0.05) is 23.7 Å². The van der Waals surface area contributed by atoms with Crippen LogP contribution in [0.5, 0.6) is 0 Å². The largest absolute Gasteiger partial charge is 0.477 e. The first kappa shape index (κ1) is 18.9. The van der Waals surface area contributed by atoms with Crippen LogP contribution in [0.3, 0.4) is 0 Å². The van der Waals surface area contributed by atoms with Gasteiger partial charge in [0.05, 0.1) is 23.3 Å². The van der Waals surface area contributed by atoms with Crippen LogP contribution in [-0.2, 0) is 10.9 Å². The van der Waals surface area contributed by atoms with Crippen LogP contribution in [0.1, 0.15) is 28.4 Å². The average Bonchev–Trinajstić information content (AvgIpc) is 2.53. The molecule has 0 aliphatic carbocycles. The first-order valence-electron chi connectivity index (χ1n) is 7.11. The number of hydrogen-bond acceptors (Lipinski definition) is 2. The molecule has 0 saturated heterocycles. The SMILES string of the molecule is CCOC(=NC(=O)c1ccccc1C(F)(F)F)c1ccc(Cl)cc1F. The number of aliphatic imine (C=N–C) groups is 1. The quantitative estimate of drug-likeness (QED) is 0.425. The molecule has 0 aliphatic heterocycles. The number of ether oxygens (including phenoxy) is 1. The van der Waals surface area contributed by atoms with E-state index >= 15 is 0 Å². The standard InChI is InChI=1S/C17H12ClF4NO2/c1-2-25-16(12-8-7-10(18)9-14(12)19)23-15(24)11-5-3-4-6-13(11)17(20,21)22/h3-9H,2H2,1H3. The van der Waals surface area contributed by atoms with Gasteiger partial charge in [-0.25, -0.2) is 4.39 Å². The van der Waals surface area contributed by atoms with Crippen LogP contribution in [0.4, 0.5) is 17.6 Å². The van der Waals surface area contributed by atoms with Gasteiger partial charge in [0.1, 0.15) is 5.82 Å². The summed E-state index contributed by atoms with van der Waals surface area (Å²) in [5.74, 6) is -2.42. The summed E-state index contributed by atoms with van der Waals surface area (Å²) in [6.07, 6.45) is -4.72. The van der Waals surface area contributed by atoms with Gasteiger partial charge in [0.15, 0.2) is 0 Å². The minimum Gasteiger partial charge on any atom is -0.477 e. The van der Waals surface area contributed by atoms with Crippen molar-refractivity contribution in [3.63, 3.8) is 0 Å². The number of amides is 1. The van der Waals surface area contributed by atoms with Crippen LogP contribution in [0.15, 0.2) is 47.5 Å². The molecule has 0 atom stereocenters.